The quantitative estimate of drug-likeness (QED) is 0.455. The number of nitrogens with zero attached hydrogens (tertiary/aromatic N) is 5. The summed E-state index contributed by atoms with van der Waals surface area (Å²) in [6, 6.07) is 7.98. The van der Waals surface area contributed by atoms with Gasteiger partial charge in [0, 0.05) is 50.7 Å². The number of carbonyl (C=O) groups is 2. The van der Waals surface area contributed by atoms with Gasteiger partial charge in [0.2, 0.25) is 5.91 Å². The molecule has 2 N–H and O–H groups in total. The summed E-state index contributed by atoms with van der Waals surface area (Å²) >= 11 is 0. The van der Waals surface area contributed by atoms with Gasteiger partial charge in [0.05, 0.1) is 23.6 Å². The van der Waals surface area contributed by atoms with Gasteiger partial charge in [-0.25, -0.2) is 14.8 Å². The largest absolute Gasteiger partial charge is 0.337 e. The summed E-state index contributed by atoms with van der Waals surface area (Å²) < 4.78 is 4.04. The fourth-order valence-corrected chi connectivity index (χ4v) is 3.35. The van der Waals surface area contributed by atoms with E-state index in [1.807, 2.05) is 0 Å². The first-order valence-corrected chi connectivity index (χ1v) is 10.1. The van der Waals surface area contributed by atoms with Gasteiger partial charge in [0.1, 0.15) is 5.65 Å². The molecule has 0 saturated carbocycles. The minimum atomic E-state index is -0.503. The molecule has 1 aromatic carbocycles. The summed E-state index contributed by atoms with van der Waals surface area (Å²) in [5.41, 5.74) is 0.340. The van der Waals surface area contributed by atoms with Gasteiger partial charge in [0.15, 0.2) is 0 Å². The number of pyridine rings is 1. The van der Waals surface area contributed by atoms with Crippen molar-refractivity contribution in [1.29, 1.82) is 0 Å². The van der Waals surface area contributed by atoms with Gasteiger partial charge < -0.3 is 15.2 Å². The smallest absolute Gasteiger partial charge is 0.332 e. The Kier molecular flexibility index (Phi) is 5.85. The van der Waals surface area contributed by atoms with Crippen molar-refractivity contribution in [2.24, 2.45) is 14.1 Å². The number of rotatable bonds is 6. The molecule has 3 aromatic heterocycles. The number of amides is 2. The molecule has 0 radical (unpaired) electrons. The Morgan fingerprint density at radius 2 is 1.85 bits per heavy atom. The lowest BCUT2D eigenvalue weighted by molar-refractivity contribution is -0.116. The zero-order valence-corrected chi connectivity index (χ0v) is 18.0. The van der Waals surface area contributed by atoms with Gasteiger partial charge >= 0.3 is 5.69 Å². The maximum Gasteiger partial charge on any atom is 0.332 e. The van der Waals surface area contributed by atoms with Crippen molar-refractivity contribution in [3.05, 3.63) is 81.7 Å². The van der Waals surface area contributed by atoms with Gasteiger partial charge in [-0.15, -0.1) is 0 Å². The first kappa shape index (κ1) is 21.7. The van der Waals surface area contributed by atoms with E-state index < -0.39 is 17.2 Å². The summed E-state index contributed by atoms with van der Waals surface area (Å²) in [6.45, 7) is 0.492. The molecule has 0 aliphatic heterocycles. The lowest BCUT2D eigenvalue weighted by Crippen LogP contribution is -2.37. The fourth-order valence-electron chi connectivity index (χ4n) is 3.35. The molecule has 168 valence electrons. The predicted molar refractivity (Wildman–Crippen MR) is 122 cm³/mol. The fraction of sp³-hybridized carbons (Fsp3) is 0.182. The molecule has 0 aliphatic rings. The molecule has 0 aliphatic carbocycles. The number of nitrogens with one attached hydrogen (secondary N) is 2. The van der Waals surface area contributed by atoms with Crippen molar-refractivity contribution < 1.29 is 9.59 Å². The van der Waals surface area contributed by atoms with Crippen LogP contribution in [0.15, 0.2) is 64.8 Å². The Hall–Kier alpha value is -4.54. The molecule has 0 bridgehead atoms. The number of aromatic nitrogens is 5. The molecule has 11 heteroatoms. The third-order valence-corrected chi connectivity index (χ3v) is 5.12. The van der Waals surface area contributed by atoms with E-state index in [2.05, 4.69) is 20.6 Å². The van der Waals surface area contributed by atoms with Crippen LogP contribution in [0, 0.1) is 0 Å². The maximum atomic E-state index is 12.7. The molecule has 0 atom stereocenters. The lowest BCUT2D eigenvalue weighted by atomic mass is 10.1. The summed E-state index contributed by atoms with van der Waals surface area (Å²) in [4.78, 5) is 57.5. The van der Waals surface area contributed by atoms with Crippen LogP contribution in [0.3, 0.4) is 0 Å². The predicted octanol–water partition coefficient (Wildman–Crippen LogP) is 1.11. The van der Waals surface area contributed by atoms with Crippen molar-refractivity contribution in [2.45, 2.75) is 13.0 Å². The first-order valence-electron chi connectivity index (χ1n) is 10.1. The molecular formula is C22H21N7O4. The number of benzene rings is 1. The van der Waals surface area contributed by atoms with Crippen molar-refractivity contribution >= 4 is 34.2 Å². The highest BCUT2D eigenvalue weighted by molar-refractivity contribution is 6.05. The second-order valence-corrected chi connectivity index (χ2v) is 7.43. The number of hydrogen-bond acceptors (Lipinski definition) is 6. The summed E-state index contributed by atoms with van der Waals surface area (Å²) in [6.07, 6.45) is 6.68. The van der Waals surface area contributed by atoms with Crippen LogP contribution < -0.4 is 21.9 Å². The highest BCUT2D eigenvalue weighted by Gasteiger charge is 2.13. The Balaban J connectivity index is 1.48. The van der Waals surface area contributed by atoms with E-state index in [4.69, 9.17) is 0 Å². The van der Waals surface area contributed by atoms with Gasteiger partial charge in [-0.2, -0.15) is 0 Å². The Morgan fingerprint density at radius 1 is 1.03 bits per heavy atom. The van der Waals surface area contributed by atoms with E-state index in [-0.39, 0.29) is 23.4 Å². The number of hydrogen-bond donors (Lipinski definition) is 2. The summed E-state index contributed by atoms with van der Waals surface area (Å²) in [7, 11) is 2.90. The monoisotopic (exact) mass is 447 g/mol. The van der Waals surface area contributed by atoms with Gasteiger partial charge in [0.25, 0.3) is 11.5 Å². The number of imidazole rings is 1. The summed E-state index contributed by atoms with van der Waals surface area (Å²) in [5, 5.41) is 5.67. The van der Waals surface area contributed by atoms with E-state index >= 15 is 0 Å². The molecule has 4 aromatic rings. The van der Waals surface area contributed by atoms with Crippen LogP contribution in [-0.2, 0) is 25.4 Å². The van der Waals surface area contributed by atoms with E-state index in [0.29, 0.717) is 23.5 Å². The van der Waals surface area contributed by atoms with E-state index in [9.17, 15) is 19.2 Å². The number of anilines is 2. The standard InChI is InChI=1S/C22H21N7O4/c1-27-19-17(21(32)28(2)22(27)33)11-16(12-24-19)26-20(31)14-4-3-5-15(10-14)25-18(30)6-8-29-9-7-23-13-29/h3-5,7,9-13H,6,8H2,1-2H3,(H,25,30)(H,26,31). The maximum absolute atomic E-state index is 12.7. The van der Waals surface area contributed by atoms with Gasteiger partial charge in [-0.05, 0) is 24.3 Å². The first-order chi connectivity index (χ1) is 15.8. The highest BCUT2D eigenvalue weighted by Crippen LogP contribution is 2.16. The van der Waals surface area contributed by atoms with Crippen LogP contribution in [0.4, 0.5) is 11.4 Å². The number of fused-ring (bicyclic) bond motifs is 1. The highest BCUT2D eigenvalue weighted by atomic mass is 16.2. The van der Waals surface area contributed by atoms with Crippen LogP contribution in [0.1, 0.15) is 16.8 Å². The molecule has 33 heavy (non-hydrogen) atoms. The van der Waals surface area contributed by atoms with Crippen LogP contribution in [0.25, 0.3) is 11.0 Å². The van der Waals surface area contributed by atoms with E-state index in [1.54, 1.807) is 47.6 Å². The topological polar surface area (TPSA) is 133 Å². The minimum absolute atomic E-state index is 0.193. The SMILES string of the molecule is Cn1c(=O)c2cc(NC(=O)c3cccc(NC(=O)CCn4ccnc4)c3)cnc2n(C)c1=O. The Morgan fingerprint density at radius 3 is 2.61 bits per heavy atom. The van der Waals surface area contributed by atoms with Crippen LogP contribution in [-0.4, -0.2) is 35.5 Å². The molecule has 0 saturated heterocycles. The van der Waals surface area contributed by atoms with Gasteiger partial charge in [-0.3, -0.25) is 23.5 Å². The third kappa shape index (κ3) is 4.56. The minimum Gasteiger partial charge on any atom is -0.337 e. The molecule has 2 amide bonds. The molecule has 0 spiro atoms. The molecule has 11 nitrogen and oxygen atoms in total. The normalized spacial score (nSPS) is 10.8. The molecule has 0 fully saturated rings. The lowest BCUT2D eigenvalue weighted by Gasteiger charge is -2.10. The van der Waals surface area contributed by atoms with E-state index in [1.165, 1.54) is 30.9 Å². The van der Waals surface area contributed by atoms with Crippen molar-refractivity contribution in [2.75, 3.05) is 10.6 Å². The zero-order chi connectivity index (χ0) is 23.5. The second kappa shape index (κ2) is 8.91. The molecular weight excluding hydrogens is 426 g/mol. The molecule has 3 heterocycles. The van der Waals surface area contributed by atoms with Crippen molar-refractivity contribution in [3.8, 4) is 0 Å². The zero-order valence-electron chi connectivity index (χ0n) is 18.0. The number of carbonyl (C=O) groups excluding carboxylic acids is 2. The van der Waals surface area contributed by atoms with Crippen molar-refractivity contribution in [1.82, 2.24) is 23.7 Å². The number of aryl methyl sites for hydroxylation is 2. The van der Waals surface area contributed by atoms with Crippen LogP contribution in [0.2, 0.25) is 0 Å². The average molecular weight is 447 g/mol. The van der Waals surface area contributed by atoms with E-state index in [0.717, 1.165) is 4.57 Å². The van der Waals surface area contributed by atoms with Crippen LogP contribution >= 0.6 is 0 Å². The van der Waals surface area contributed by atoms with Crippen LogP contribution in [0.5, 0.6) is 0 Å². The third-order valence-electron chi connectivity index (χ3n) is 5.12. The van der Waals surface area contributed by atoms with Gasteiger partial charge in [-0.1, -0.05) is 6.07 Å². The second-order valence-electron chi connectivity index (χ2n) is 7.43. The summed E-state index contributed by atoms with van der Waals surface area (Å²) in [5.74, 6) is -0.631. The molecule has 4 rings (SSSR count). The Labute approximate surface area is 187 Å². The van der Waals surface area contributed by atoms with Crippen molar-refractivity contribution in [3.63, 3.8) is 0 Å². The average Bonchev–Trinajstić information content (AvgIpc) is 3.34. The Bertz CT molecular complexity index is 1470. The molecule has 0 unspecified atom stereocenters.